The van der Waals surface area contributed by atoms with Crippen LogP contribution in [-0.2, 0) is 11.3 Å². The Balaban J connectivity index is 0.000000429. The molecule has 0 unspecified atom stereocenters. The highest BCUT2D eigenvalue weighted by atomic mass is 19.4. The number of hydrogen-bond donors (Lipinski definition) is 2. The molecule has 1 aromatic carbocycles. The summed E-state index contributed by atoms with van der Waals surface area (Å²) in [6, 6.07) is 8.93. The molecule has 0 atom stereocenters. The van der Waals surface area contributed by atoms with Gasteiger partial charge >= 0.3 is 17.9 Å². The molecule has 2 N–H and O–H groups in total. The summed E-state index contributed by atoms with van der Waals surface area (Å²) in [7, 11) is 0. The van der Waals surface area contributed by atoms with E-state index in [0.717, 1.165) is 16.2 Å². The summed E-state index contributed by atoms with van der Waals surface area (Å²) < 4.78 is 55.9. The Morgan fingerprint density at radius 2 is 1.86 bits per heavy atom. The minimum absolute atomic E-state index is 0.0148. The summed E-state index contributed by atoms with van der Waals surface area (Å²) in [5.41, 5.74) is 0.995. The molecule has 12 nitrogen and oxygen atoms in total. The lowest BCUT2D eigenvalue weighted by molar-refractivity contribution is -0.192. The van der Waals surface area contributed by atoms with Gasteiger partial charge in [0, 0.05) is 18.9 Å². The number of alkyl halides is 3. The lowest BCUT2D eigenvalue weighted by atomic mass is 10.2. The molecule has 35 heavy (non-hydrogen) atoms. The Kier molecular flexibility index (Phi) is 7.19. The van der Waals surface area contributed by atoms with Crippen LogP contribution in [0.2, 0.25) is 0 Å². The van der Waals surface area contributed by atoms with Crippen LogP contribution >= 0.6 is 0 Å². The summed E-state index contributed by atoms with van der Waals surface area (Å²) >= 11 is 0. The van der Waals surface area contributed by atoms with Crippen LogP contribution in [0, 0.1) is 17.1 Å². The fourth-order valence-electron chi connectivity index (χ4n) is 2.50. The van der Waals surface area contributed by atoms with E-state index in [9.17, 15) is 22.4 Å². The van der Waals surface area contributed by atoms with Gasteiger partial charge in [-0.3, -0.25) is 9.51 Å². The average molecular weight is 493 g/mol. The third-order valence-electron chi connectivity index (χ3n) is 4.09. The number of carboxylic acids is 1. The van der Waals surface area contributed by atoms with Gasteiger partial charge in [0.05, 0.1) is 11.3 Å². The number of nitriles is 1. The number of carboxylic acid groups (broad SMARTS) is 1. The van der Waals surface area contributed by atoms with Crippen molar-refractivity contribution in [3.63, 3.8) is 0 Å². The number of nitrogens with zero attached hydrogens (tertiary/aromatic N) is 6. The first-order valence-electron chi connectivity index (χ1n) is 9.16. The number of hydrogen-bond acceptors (Lipinski definition) is 10. The first-order chi connectivity index (χ1) is 16.6. The Labute approximate surface area is 191 Å². The zero-order valence-electron chi connectivity index (χ0n) is 17.0. The van der Waals surface area contributed by atoms with Crippen LogP contribution in [-0.4, -0.2) is 42.3 Å². The molecule has 0 spiro atoms. The molecule has 0 saturated carbocycles. The molecule has 0 aliphatic heterocycles. The highest BCUT2D eigenvalue weighted by Gasteiger charge is 2.38. The SMILES string of the molecule is N#Cc1cc(-n2c(-c3nonc3NCc3ccncc3)noc2=O)ccc1F.O=C(O)C(F)(F)F. The largest absolute Gasteiger partial charge is 0.490 e. The van der Waals surface area contributed by atoms with Gasteiger partial charge in [-0.25, -0.2) is 23.2 Å². The lowest BCUT2D eigenvalue weighted by Crippen LogP contribution is -2.21. The normalized spacial score (nSPS) is 10.7. The third kappa shape index (κ3) is 5.84. The zero-order valence-corrected chi connectivity index (χ0v) is 17.0. The number of carbonyl (C=O) groups is 1. The van der Waals surface area contributed by atoms with Crippen molar-refractivity contribution in [3.05, 3.63) is 70.2 Å². The maximum absolute atomic E-state index is 13.6. The van der Waals surface area contributed by atoms with Crippen molar-refractivity contribution in [1.82, 2.24) is 25.0 Å². The quantitative estimate of drug-likeness (QED) is 0.391. The maximum atomic E-state index is 13.6. The molecule has 3 heterocycles. The Morgan fingerprint density at radius 3 is 2.49 bits per heavy atom. The van der Waals surface area contributed by atoms with E-state index < -0.39 is 23.7 Å². The van der Waals surface area contributed by atoms with Crippen LogP contribution in [0.15, 0.2) is 56.7 Å². The highest BCUT2D eigenvalue weighted by molar-refractivity contribution is 5.73. The van der Waals surface area contributed by atoms with Gasteiger partial charge in [0.2, 0.25) is 11.6 Å². The second-order valence-electron chi connectivity index (χ2n) is 6.36. The molecule has 4 rings (SSSR count). The van der Waals surface area contributed by atoms with Crippen LogP contribution in [0.5, 0.6) is 0 Å². The molecule has 0 aliphatic rings. The first kappa shape index (κ1) is 24.6. The van der Waals surface area contributed by atoms with E-state index in [1.807, 2.05) is 12.1 Å². The number of halogens is 4. The average Bonchev–Trinajstić information content (AvgIpc) is 3.44. The molecule has 0 aliphatic carbocycles. The number of pyridine rings is 1. The van der Waals surface area contributed by atoms with Gasteiger partial charge in [-0.05, 0) is 46.2 Å². The summed E-state index contributed by atoms with van der Waals surface area (Å²) in [6.07, 6.45) is -1.79. The Bertz CT molecular complexity index is 1420. The van der Waals surface area contributed by atoms with Crippen molar-refractivity contribution in [2.24, 2.45) is 0 Å². The summed E-state index contributed by atoms with van der Waals surface area (Å²) in [5.74, 6) is -4.10. The highest BCUT2D eigenvalue weighted by Crippen LogP contribution is 2.25. The number of aromatic nitrogens is 5. The van der Waals surface area contributed by atoms with E-state index >= 15 is 0 Å². The number of aliphatic carboxylic acids is 1. The second kappa shape index (κ2) is 10.2. The van der Waals surface area contributed by atoms with Crippen LogP contribution in [0.4, 0.5) is 23.4 Å². The van der Waals surface area contributed by atoms with E-state index in [2.05, 4.69) is 25.8 Å². The van der Waals surface area contributed by atoms with Gasteiger partial charge in [-0.2, -0.15) is 18.4 Å². The molecule has 4 aromatic rings. The molecule has 0 amide bonds. The minimum atomic E-state index is -5.08. The van der Waals surface area contributed by atoms with Crippen LogP contribution in [0.1, 0.15) is 11.1 Å². The lowest BCUT2D eigenvalue weighted by Gasteiger charge is -2.05. The van der Waals surface area contributed by atoms with Crippen molar-refractivity contribution in [2.45, 2.75) is 12.7 Å². The van der Waals surface area contributed by atoms with E-state index in [4.69, 9.17) is 24.3 Å². The van der Waals surface area contributed by atoms with Gasteiger partial charge in [-0.1, -0.05) is 5.16 Å². The molecule has 0 bridgehead atoms. The molecule has 0 radical (unpaired) electrons. The summed E-state index contributed by atoms with van der Waals surface area (Å²) in [5, 5.41) is 30.4. The summed E-state index contributed by atoms with van der Waals surface area (Å²) in [6.45, 7) is 0.390. The second-order valence-corrected chi connectivity index (χ2v) is 6.36. The zero-order chi connectivity index (χ0) is 25.6. The number of benzene rings is 1. The standard InChI is InChI=1S/C17H10FN7O3.C2HF3O2/c18-13-2-1-12(7-11(13)8-19)25-16(24-27-17(25)26)14-15(23-28-22-14)21-9-10-3-5-20-6-4-10;3-2(4,5)1(6)7/h1-7H,9H2,(H,21,23);(H,6,7). The van der Waals surface area contributed by atoms with Gasteiger partial charge in [-0.15, -0.1) is 0 Å². The topological polar surface area (TPSA) is 173 Å². The van der Waals surface area contributed by atoms with Crippen LogP contribution < -0.4 is 11.1 Å². The van der Waals surface area contributed by atoms with Crippen LogP contribution in [0.25, 0.3) is 17.2 Å². The van der Waals surface area contributed by atoms with E-state index in [0.29, 0.717) is 6.54 Å². The number of rotatable bonds is 5. The molecule has 0 saturated heterocycles. The monoisotopic (exact) mass is 493 g/mol. The maximum Gasteiger partial charge on any atom is 0.490 e. The molecular formula is C19H11F4N7O5. The van der Waals surface area contributed by atoms with Gasteiger partial charge in [0.1, 0.15) is 11.9 Å². The van der Waals surface area contributed by atoms with Crippen molar-refractivity contribution >= 4 is 11.8 Å². The van der Waals surface area contributed by atoms with E-state index in [-0.39, 0.29) is 28.6 Å². The number of nitrogens with one attached hydrogen (secondary N) is 1. The fraction of sp³-hybridized carbons (Fsp3) is 0.105. The van der Waals surface area contributed by atoms with Crippen molar-refractivity contribution in [3.8, 4) is 23.3 Å². The Hall–Kier alpha value is -5.07. The van der Waals surface area contributed by atoms with Gasteiger partial charge in [0.25, 0.3) is 0 Å². The van der Waals surface area contributed by atoms with Crippen molar-refractivity contribution in [1.29, 1.82) is 5.26 Å². The minimum Gasteiger partial charge on any atom is -0.475 e. The van der Waals surface area contributed by atoms with Crippen LogP contribution in [0.3, 0.4) is 0 Å². The molecule has 3 aromatic heterocycles. The fourth-order valence-corrected chi connectivity index (χ4v) is 2.50. The molecule has 180 valence electrons. The van der Waals surface area contributed by atoms with Crippen molar-refractivity contribution in [2.75, 3.05) is 5.32 Å². The predicted octanol–water partition coefficient (Wildman–Crippen LogP) is 2.53. The number of anilines is 1. The van der Waals surface area contributed by atoms with E-state index in [1.165, 1.54) is 12.1 Å². The molecule has 0 fully saturated rings. The smallest absolute Gasteiger partial charge is 0.475 e. The first-order valence-corrected chi connectivity index (χ1v) is 9.16. The van der Waals surface area contributed by atoms with Gasteiger partial charge in [0.15, 0.2) is 5.69 Å². The van der Waals surface area contributed by atoms with Crippen molar-refractivity contribution < 1.29 is 36.6 Å². The van der Waals surface area contributed by atoms with Gasteiger partial charge < -0.3 is 10.4 Å². The molecular weight excluding hydrogens is 482 g/mol. The third-order valence-corrected chi connectivity index (χ3v) is 4.09. The predicted molar refractivity (Wildman–Crippen MR) is 105 cm³/mol. The van der Waals surface area contributed by atoms with E-state index in [1.54, 1.807) is 18.5 Å². The Morgan fingerprint density at radius 1 is 1.17 bits per heavy atom. The molecule has 16 heteroatoms. The summed E-state index contributed by atoms with van der Waals surface area (Å²) in [4.78, 5) is 25.0.